The maximum absolute atomic E-state index is 5.94. The summed E-state index contributed by atoms with van der Waals surface area (Å²) < 4.78 is 17.7. The van der Waals surface area contributed by atoms with Crippen molar-refractivity contribution in [1.29, 1.82) is 0 Å². The number of methoxy groups -OCH3 is 1. The van der Waals surface area contributed by atoms with Crippen LogP contribution in [-0.2, 0) is 9.47 Å². The molecule has 3 unspecified atom stereocenters. The van der Waals surface area contributed by atoms with Crippen LogP contribution in [-0.4, -0.2) is 38.6 Å². The first-order chi connectivity index (χ1) is 8.72. The molecule has 2 rings (SSSR count). The molecule has 0 bridgehead atoms. The van der Waals surface area contributed by atoms with Gasteiger partial charge in [-0.15, -0.1) is 0 Å². The molecule has 3 atom stereocenters. The van der Waals surface area contributed by atoms with E-state index in [1.807, 2.05) is 24.3 Å². The first-order valence-electron chi connectivity index (χ1n) is 5.99. The van der Waals surface area contributed by atoms with E-state index in [0.29, 0.717) is 13.2 Å². The van der Waals surface area contributed by atoms with Crippen molar-refractivity contribution in [3.63, 3.8) is 0 Å². The molecule has 1 aliphatic carbocycles. The minimum Gasteiger partial charge on any atom is -0.486 e. The summed E-state index contributed by atoms with van der Waals surface area (Å²) in [6, 6.07) is 8.02. The van der Waals surface area contributed by atoms with E-state index >= 15 is 0 Å². The van der Waals surface area contributed by atoms with Gasteiger partial charge in [0.2, 0.25) is 0 Å². The first-order valence-corrected chi connectivity index (χ1v) is 7.07. The lowest BCUT2D eigenvalue weighted by Crippen LogP contribution is -2.59. The zero-order chi connectivity index (χ0) is 13.0. The summed E-state index contributed by atoms with van der Waals surface area (Å²) in [6.07, 6.45) is 0.853. The number of benzene rings is 1. The summed E-state index contributed by atoms with van der Waals surface area (Å²) >= 11 is 2.26. The van der Waals surface area contributed by atoms with E-state index in [4.69, 9.17) is 19.9 Å². The van der Waals surface area contributed by atoms with E-state index in [1.165, 1.54) is 0 Å². The molecule has 100 valence electrons. The summed E-state index contributed by atoms with van der Waals surface area (Å²) in [7, 11) is 1.66. The Morgan fingerprint density at radius 2 is 2.11 bits per heavy atom. The van der Waals surface area contributed by atoms with E-state index in [1.54, 1.807) is 7.11 Å². The Balaban J connectivity index is 1.88. The van der Waals surface area contributed by atoms with Crippen molar-refractivity contribution in [2.75, 3.05) is 20.3 Å². The number of ether oxygens (including phenoxy) is 3. The van der Waals surface area contributed by atoms with Gasteiger partial charge in [0.05, 0.1) is 16.8 Å². The number of para-hydroxylation sites is 1. The lowest BCUT2D eigenvalue weighted by molar-refractivity contribution is -0.107. The van der Waals surface area contributed by atoms with Crippen molar-refractivity contribution in [2.24, 2.45) is 5.73 Å². The van der Waals surface area contributed by atoms with Crippen LogP contribution in [0.2, 0.25) is 0 Å². The van der Waals surface area contributed by atoms with Crippen molar-refractivity contribution >= 4 is 22.6 Å². The maximum Gasteiger partial charge on any atom is 0.133 e. The fourth-order valence-corrected chi connectivity index (χ4v) is 2.45. The molecule has 0 spiro atoms. The van der Waals surface area contributed by atoms with E-state index in [2.05, 4.69) is 22.6 Å². The normalized spacial score (nSPS) is 26.7. The van der Waals surface area contributed by atoms with Gasteiger partial charge in [0, 0.05) is 19.6 Å². The van der Waals surface area contributed by atoms with Gasteiger partial charge < -0.3 is 19.9 Å². The van der Waals surface area contributed by atoms with E-state index in [9.17, 15) is 0 Å². The average Bonchev–Trinajstić information content (AvgIpc) is 2.36. The Kier molecular flexibility index (Phi) is 5.23. The highest BCUT2D eigenvalue weighted by atomic mass is 127. The molecule has 1 saturated carbocycles. The fourth-order valence-electron chi connectivity index (χ4n) is 1.93. The number of nitrogens with two attached hydrogens (primary N) is 1. The van der Waals surface area contributed by atoms with Gasteiger partial charge in [-0.3, -0.25) is 0 Å². The number of hydrogen-bond acceptors (Lipinski definition) is 4. The Morgan fingerprint density at radius 3 is 2.78 bits per heavy atom. The molecule has 1 aromatic carbocycles. The van der Waals surface area contributed by atoms with Crippen LogP contribution in [0, 0.1) is 3.57 Å². The zero-order valence-electron chi connectivity index (χ0n) is 10.3. The average molecular weight is 363 g/mol. The van der Waals surface area contributed by atoms with Crippen LogP contribution < -0.4 is 10.5 Å². The quantitative estimate of drug-likeness (QED) is 0.619. The molecule has 0 heterocycles. The molecule has 1 aliphatic rings. The number of rotatable bonds is 6. The summed E-state index contributed by atoms with van der Waals surface area (Å²) in [4.78, 5) is 0. The Labute approximate surface area is 121 Å². The van der Waals surface area contributed by atoms with Gasteiger partial charge in [0.1, 0.15) is 18.0 Å². The van der Waals surface area contributed by atoms with Crippen LogP contribution in [0.3, 0.4) is 0 Å². The molecule has 2 N–H and O–H groups in total. The van der Waals surface area contributed by atoms with Crippen LogP contribution in [0.25, 0.3) is 0 Å². The lowest BCUT2D eigenvalue weighted by Gasteiger charge is -2.41. The van der Waals surface area contributed by atoms with Crippen LogP contribution in [0.4, 0.5) is 0 Å². The predicted octanol–water partition coefficient (Wildman–Crippen LogP) is 1.80. The van der Waals surface area contributed by atoms with E-state index < -0.39 is 0 Å². The second-order valence-electron chi connectivity index (χ2n) is 4.31. The molecular weight excluding hydrogens is 345 g/mol. The SMILES string of the molecule is COCCOC1C(N)CC1Oc1ccccc1I. The minimum absolute atomic E-state index is 0.0313. The van der Waals surface area contributed by atoms with Crippen molar-refractivity contribution < 1.29 is 14.2 Å². The minimum atomic E-state index is -0.0313. The third-order valence-electron chi connectivity index (χ3n) is 3.01. The molecule has 0 amide bonds. The Hall–Kier alpha value is -0.370. The molecule has 0 radical (unpaired) electrons. The molecule has 0 aromatic heterocycles. The lowest BCUT2D eigenvalue weighted by atomic mass is 9.86. The number of halogens is 1. The van der Waals surface area contributed by atoms with E-state index in [0.717, 1.165) is 15.7 Å². The molecule has 0 aliphatic heterocycles. The predicted molar refractivity (Wildman–Crippen MR) is 77.8 cm³/mol. The van der Waals surface area contributed by atoms with Gasteiger partial charge in [-0.2, -0.15) is 0 Å². The monoisotopic (exact) mass is 363 g/mol. The summed E-state index contributed by atoms with van der Waals surface area (Å²) in [5, 5.41) is 0. The highest BCUT2D eigenvalue weighted by Gasteiger charge is 2.41. The fraction of sp³-hybridized carbons (Fsp3) is 0.538. The second kappa shape index (κ2) is 6.70. The largest absolute Gasteiger partial charge is 0.486 e. The molecule has 5 heteroatoms. The number of hydrogen-bond donors (Lipinski definition) is 1. The van der Waals surface area contributed by atoms with Crippen LogP contribution >= 0.6 is 22.6 Å². The highest BCUT2D eigenvalue weighted by Crippen LogP contribution is 2.30. The molecule has 1 fully saturated rings. The Bertz CT molecular complexity index is 388. The molecule has 18 heavy (non-hydrogen) atoms. The van der Waals surface area contributed by atoms with Crippen molar-refractivity contribution in [3.05, 3.63) is 27.8 Å². The summed E-state index contributed by atoms with van der Waals surface area (Å²) in [5.41, 5.74) is 5.94. The van der Waals surface area contributed by atoms with Gasteiger partial charge in [0.15, 0.2) is 0 Å². The van der Waals surface area contributed by atoms with Crippen LogP contribution in [0.15, 0.2) is 24.3 Å². The standard InChI is InChI=1S/C13H18INO3/c1-16-6-7-17-13-10(15)8-12(13)18-11-5-3-2-4-9(11)14/h2-5,10,12-13H,6-8,15H2,1H3. The van der Waals surface area contributed by atoms with Crippen LogP contribution in [0.1, 0.15) is 6.42 Å². The maximum atomic E-state index is 5.94. The molecule has 4 nitrogen and oxygen atoms in total. The highest BCUT2D eigenvalue weighted by molar-refractivity contribution is 14.1. The van der Waals surface area contributed by atoms with Gasteiger partial charge in [-0.05, 0) is 34.7 Å². The van der Waals surface area contributed by atoms with Gasteiger partial charge >= 0.3 is 0 Å². The van der Waals surface area contributed by atoms with Crippen LogP contribution in [0.5, 0.6) is 5.75 Å². The molecule has 0 saturated heterocycles. The molecule has 1 aromatic rings. The molecular formula is C13H18INO3. The van der Waals surface area contributed by atoms with Crippen molar-refractivity contribution in [3.8, 4) is 5.75 Å². The third kappa shape index (κ3) is 3.34. The van der Waals surface area contributed by atoms with Gasteiger partial charge in [-0.25, -0.2) is 0 Å². The Morgan fingerprint density at radius 1 is 1.33 bits per heavy atom. The van der Waals surface area contributed by atoms with Crippen molar-refractivity contribution in [2.45, 2.75) is 24.7 Å². The summed E-state index contributed by atoms with van der Waals surface area (Å²) in [6.45, 7) is 1.14. The second-order valence-corrected chi connectivity index (χ2v) is 5.48. The topological polar surface area (TPSA) is 53.7 Å². The van der Waals surface area contributed by atoms with Crippen molar-refractivity contribution in [1.82, 2.24) is 0 Å². The smallest absolute Gasteiger partial charge is 0.133 e. The van der Waals surface area contributed by atoms with Gasteiger partial charge in [-0.1, -0.05) is 12.1 Å². The first kappa shape index (κ1) is 14.0. The van der Waals surface area contributed by atoms with E-state index in [-0.39, 0.29) is 18.2 Å². The summed E-state index contributed by atoms with van der Waals surface area (Å²) in [5.74, 6) is 0.898. The van der Waals surface area contributed by atoms with Gasteiger partial charge in [0.25, 0.3) is 0 Å². The third-order valence-corrected chi connectivity index (χ3v) is 3.90. The zero-order valence-corrected chi connectivity index (χ0v) is 12.5.